The minimum atomic E-state index is -0.400. The van der Waals surface area contributed by atoms with Gasteiger partial charge in [-0.3, -0.25) is 9.69 Å². The summed E-state index contributed by atoms with van der Waals surface area (Å²) in [5.41, 5.74) is 11.7. The van der Waals surface area contributed by atoms with E-state index in [4.69, 9.17) is 17.3 Å². The molecule has 0 radical (unpaired) electrons. The molecule has 2 aliphatic heterocycles. The van der Waals surface area contributed by atoms with Crippen LogP contribution in [-0.4, -0.2) is 78.2 Å². The number of rotatable bonds is 10. The first-order valence-electron chi connectivity index (χ1n) is 15.1. The monoisotopic (exact) mass is 590 g/mol. The first kappa shape index (κ1) is 30.1. The maximum atomic E-state index is 13.4. The molecule has 7 heteroatoms. The molecular weight excluding hydrogens is 548 g/mol. The highest BCUT2D eigenvalue weighted by Gasteiger charge is 2.32. The summed E-state index contributed by atoms with van der Waals surface area (Å²) in [6.45, 7) is 9.41. The lowest BCUT2D eigenvalue weighted by Gasteiger charge is -2.39. The number of benzene rings is 3. The predicted molar refractivity (Wildman–Crippen MR) is 172 cm³/mol. The van der Waals surface area contributed by atoms with E-state index in [2.05, 4.69) is 77.4 Å². The van der Waals surface area contributed by atoms with Crippen LogP contribution in [0.5, 0.6) is 0 Å². The molecule has 0 spiro atoms. The second-order valence-electron chi connectivity index (χ2n) is 11.3. The Balaban J connectivity index is 1.07. The number of carbonyl (C=O) groups is 1. The Morgan fingerprint density at radius 2 is 1.61 bits per heavy atom. The lowest BCUT2D eigenvalue weighted by atomic mass is 9.88. The van der Waals surface area contributed by atoms with Crippen molar-refractivity contribution in [2.24, 2.45) is 11.7 Å². The third-order valence-corrected chi connectivity index (χ3v) is 9.86. The number of carbonyl (C=O) groups excluding carboxylic acids is 1. The number of halogens is 1. The minimum Gasteiger partial charge on any atom is -0.339 e. The standard InChI is InChI=1S/C34H43ClN4OS/c1-2-41-32-11-7-6-10-29(32)25-38-20-22-39(23-21-38)34(40)33(36)27-14-17-37(18-15-27)19-16-28-24-30(35)12-13-31(28)26-8-4-3-5-9-26/h3-13,24,27,33H,2,14-23,25,36H2,1H3/t33-/m1/s1. The first-order chi connectivity index (χ1) is 20.0. The van der Waals surface area contributed by atoms with Gasteiger partial charge in [-0.25, -0.2) is 0 Å². The maximum Gasteiger partial charge on any atom is 0.239 e. The van der Waals surface area contributed by atoms with Gasteiger partial charge in [0.15, 0.2) is 0 Å². The second-order valence-corrected chi connectivity index (χ2v) is 13.0. The van der Waals surface area contributed by atoms with Gasteiger partial charge in [-0.1, -0.05) is 73.1 Å². The zero-order valence-electron chi connectivity index (χ0n) is 24.2. The molecule has 5 rings (SSSR count). The summed E-state index contributed by atoms with van der Waals surface area (Å²) >= 11 is 8.27. The SMILES string of the molecule is CCSc1ccccc1CN1CCN(C(=O)[C@H](N)C2CCN(CCc3cc(Cl)ccc3-c3ccccc3)CC2)CC1. The Morgan fingerprint density at radius 3 is 2.34 bits per heavy atom. The fourth-order valence-electron chi connectivity index (χ4n) is 6.19. The summed E-state index contributed by atoms with van der Waals surface area (Å²) in [5.74, 6) is 1.46. The van der Waals surface area contributed by atoms with Gasteiger partial charge < -0.3 is 15.5 Å². The minimum absolute atomic E-state index is 0.136. The number of piperidine rings is 1. The van der Waals surface area contributed by atoms with Crippen molar-refractivity contribution < 1.29 is 4.79 Å². The van der Waals surface area contributed by atoms with Crippen molar-refractivity contribution >= 4 is 29.3 Å². The van der Waals surface area contributed by atoms with Crippen LogP contribution in [0.2, 0.25) is 5.02 Å². The molecule has 1 atom stereocenters. The highest BCUT2D eigenvalue weighted by Crippen LogP contribution is 2.28. The van der Waals surface area contributed by atoms with E-state index in [1.54, 1.807) is 0 Å². The summed E-state index contributed by atoms with van der Waals surface area (Å²) in [4.78, 5) is 21.7. The normalized spacial score (nSPS) is 18.0. The van der Waals surface area contributed by atoms with Crippen LogP contribution >= 0.6 is 23.4 Å². The number of nitrogens with zero attached hydrogens (tertiary/aromatic N) is 3. The number of nitrogens with two attached hydrogens (primary N) is 1. The van der Waals surface area contributed by atoms with Crippen LogP contribution in [0.1, 0.15) is 30.9 Å². The van der Waals surface area contributed by atoms with Crippen molar-refractivity contribution in [2.75, 3.05) is 51.6 Å². The molecular formula is C34H43ClN4OS. The molecule has 0 unspecified atom stereocenters. The van der Waals surface area contributed by atoms with E-state index in [-0.39, 0.29) is 11.8 Å². The molecule has 1 amide bonds. The van der Waals surface area contributed by atoms with E-state index in [0.29, 0.717) is 0 Å². The number of hydrogen-bond donors (Lipinski definition) is 1. The summed E-state index contributed by atoms with van der Waals surface area (Å²) in [6.07, 6.45) is 2.89. The Hall–Kier alpha value is -2.35. The van der Waals surface area contributed by atoms with Crippen LogP contribution < -0.4 is 5.73 Å². The summed E-state index contributed by atoms with van der Waals surface area (Å²) in [5, 5.41) is 0.782. The van der Waals surface area contributed by atoms with E-state index >= 15 is 0 Å². The third kappa shape index (κ3) is 7.94. The molecule has 0 aromatic heterocycles. The Bertz CT molecular complexity index is 1270. The lowest BCUT2D eigenvalue weighted by Crippen LogP contribution is -2.55. The van der Waals surface area contributed by atoms with Crippen molar-refractivity contribution in [3.63, 3.8) is 0 Å². The Morgan fingerprint density at radius 1 is 0.902 bits per heavy atom. The molecule has 0 saturated carbocycles. The van der Waals surface area contributed by atoms with Crippen LogP contribution in [0.3, 0.4) is 0 Å². The molecule has 5 nitrogen and oxygen atoms in total. The van der Waals surface area contributed by atoms with Crippen LogP contribution in [0.25, 0.3) is 11.1 Å². The molecule has 2 heterocycles. The Labute approximate surface area is 255 Å². The topological polar surface area (TPSA) is 52.8 Å². The van der Waals surface area contributed by atoms with Crippen molar-refractivity contribution in [3.8, 4) is 11.1 Å². The van der Waals surface area contributed by atoms with Gasteiger partial charge in [-0.05, 0) is 84.5 Å². The van der Waals surface area contributed by atoms with E-state index in [1.807, 2.05) is 28.8 Å². The summed E-state index contributed by atoms with van der Waals surface area (Å²) in [7, 11) is 0. The van der Waals surface area contributed by atoms with E-state index in [9.17, 15) is 4.79 Å². The second kappa shape index (κ2) is 14.7. The smallest absolute Gasteiger partial charge is 0.239 e. The van der Waals surface area contributed by atoms with Gasteiger partial charge in [-0.15, -0.1) is 11.8 Å². The zero-order valence-corrected chi connectivity index (χ0v) is 25.8. The van der Waals surface area contributed by atoms with Gasteiger partial charge >= 0.3 is 0 Å². The average Bonchev–Trinajstić information content (AvgIpc) is 3.01. The van der Waals surface area contributed by atoms with Crippen molar-refractivity contribution in [1.29, 1.82) is 0 Å². The van der Waals surface area contributed by atoms with Crippen LogP contribution in [0, 0.1) is 5.92 Å². The van der Waals surface area contributed by atoms with Gasteiger partial charge in [0.25, 0.3) is 0 Å². The molecule has 3 aromatic carbocycles. The maximum absolute atomic E-state index is 13.4. The lowest BCUT2D eigenvalue weighted by molar-refractivity contribution is -0.136. The third-order valence-electron chi connectivity index (χ3n) is 8.63. The molecule has 2 aliphatic rings. The molecule has 2 fully saturated rings. The highest BCUT2D eigenvalue weighted by molar-refractivity contribution is 7.99. The van der Waals surface area contributed by atoms with Crippen molar-refractivity contribution in [2.45, 2.75) is 43.7 Å². The molecule has 41 heavy (non-hydrogen) atoms. The summed E-state index contributed by atoms with van der Waals surface area (Å²) in [6, 6.07) is 25.0. The van der Waals surface area contributed by atoms with Crippen molar-refractivity contribution in [3.05, 3.63) is 88.9 Å². The molecule has 0 aliphatic carbocycles. The van der Waals surface area contributed by atoms with Crippen LogP contribution in [-0.2, 0) is 17.8 Å². The van der Waals surface area contributed by atoms with E-state index < -0.39 is 6.04 Å². The van der Waals surface area contributed by atoms with Gasteiger partial charge in [-0.2, -0.15) is 0 Å². The number of piperazine rings is 1. The highest BCUT2D eigenvalue weighted by atomic mass is 35.5. The van der Waals surface area contributed by atoms with Crippen molar-refractivity contribution in [1.82, 2.24) is 14.7 Å². The molecule has 2 saturated heterocycles. The van der Waals surface area contributed by atoms with E-state index in [1.165, 1.54) is 27.1 Å². The fourth-order valence-corrected chi connectivity index (χ4v) is 7.19. The van der Waals surface area contributed by atoms with Gasteiger partial charge in [0.2, 0.25) is 5.91 Å². The number of likely N-dealkylation sites (tertiary alicyclic amines) is 1. The van der Waals surface area contributed by atoms with Gasteiger partial charge in [0, 0.05) is 49.2 Å². The Kier molecular flexibility index (Phi) is 10.8. The number of thioether (sulfide) groups is 1. The fraction of sp³-hybridized carbons (Fsp3) is 0.441. The molecule has 2 N–H and O–H groups in total. The number of hydrogen-bond acceptors (Lipinski definition) is 5. The van der Waals surface area contributed by atoms with Crippen LogP contribution in [0.4, 0.5) is 0 Å². The molecule has 218 valence electrons. The number of amides is 1. The molecule has 0 bridgehead atoms. The van der Waals surface area contributed by atoms with Gasteiger partial charge in [0.05, 0.1) is 6.04 Å². The van der Waals surface area contributed by atoms with Crippen LogP contribution in [0.15, 0.2) is 77.7 Å². The predicted octanol–water partition coefficient (Wildman–Crippen LogP) is 6.05. The average molecular weight is 591 g/mol. The summed E-state index contributed by atoms with van der Waals surface area (Å²) < 4.78 is 0. The quantitative estimate of drug-likeness (QED) is 0.292. The molecule has 3 aromatic rings. The largest absolute Gasteiger partial charge is 0.339 e. The zero-order chi connectivity index (χ0) is 28.6. The first-order valence-corrected chi connectivity index (χ1v) is 16.4. The van der Waals surface area contributed by atoms with E-state index in [0.717, 1.165) is 82.4 Å². The van der Waals surface area contributed by atoms with Gasteiger partial charge in [0.1, 0.15) is 0 Å².